The second-order valence-corrected chi connectivity index (χ2v) is 7.14. The molecule has 0 saturated carbocycles. The lowest BCUT2D eigenvalue weighted by Crippen LogP contribution is -2.60. The number of carbonyl (C=O) groups excluding carboxylic acids is 6. The molecule has 6 amide bonds. The van der Waals surface area contributed by atoms with Crippen molar-refractivity contribution in [2.45, 2.75) is 62.9 Å². The Bertz CT molecular complexity index is 787. The van der Waals surface area contributed by atoms with Crippen molar-refractivity contribution in [2.24, 2.45) is 22.9 Å². The zero-order valence-corrected chi connectivity index (χ0v) is 17.8. The molecule has 0 bridgehead atoms. The van der Waals surface area contributed by atoms with Crippen molar-refractivity contribution >= 4 is 41.4 Å². The van der Waals surface area contributed by atoms with E-state index >= 15 is 0 Å². The van der Waals surface area contributed by atoms with Gasteiger partial charge in [-0.15, -0.1) is 0 Å². The maximum Gasteiger partial charge on any atom is 0.326 e. The summed E-state index contributed by atoms with van der Waals surface area (Å²) in [5, 5.41) is 25.1. The number of aliphatic hydroxyl groups excluding tert-OH is 1. The van der Waals surface area contributed by atoms with Crippen molar-refractivity contribution in [3.63, 3.8) is 0 Å². The van der Waals surface area contributed by atoms with Gasteiger partial charge >= 0.3 is 5.97 Å². The van der Waals surface area contributed by atoms with Crippen molar-refractivity contribution in [2.75, 3.05) is 0 Å². The Kier molecular flexibility index (Phi) is 12.0. The van der Waals surface area contributed by atoms with E-state index in [0.717, 1.165) is 6.92 Å². The monoisotopic (exact) mass is 475 g/mol. The number of carboxylic acids is 1. The van der Waals surface area contributed by atoms with Crippen molar-refractivity contribution in [1.82, 2.24) is 16.0 Å². The topological polar surface area (TPSA) is 300 Å². The van der Waals surface area contributed by atoms with E-state index in [2.05, 4.69) is 10.6 Å². The molecule has 186 valence electrons. The number of aliphatic carboxylic acids is 1. The van der Waals surface area contributed by atoms with E-state index in [0.29, 0.717) is 0 Å². The summed E-state index contributed by atoms with van der Waals surface area (Å²) in [6.45, 7) is 1.13. The highest BCUT2D eigenvalue weighted by Crippen LogP contribution is 2.02. The molecule has 0 aliphatic rings. The van der Waals surface area contributed by atoms with Gasteiger partial charge in [0.1, 0.15) is 18.1 Å². The van der Waals surface area contributed by atoms with Crippen LogP contribution in [0, 0.1) is 0 Å². The summed E-state index contributed by atoms with van der Waals surface area (Å²) in [6.07, 6.45) is -3.40. The van der Waals surface area contributed by atoms with Gasteiger partial charge in [-0.1, -0.05) is 0 Å². The van der Waals surface area contributed by atoms with Crippen molar-refractivity contribution < 1.29 is 43.8 Å². The third-order valence-corrected chi connectivity index (χ3v) is 4.16. The molecule has 0 heterocycles. The molecule has 5 atom stereocenters. The van der Waals surface area contributed by atoms with Crippen LogP contribution in [0.15, 0.2) is 0 Å². The molecule has 16 nitrogen and oxygen atoms in total. The number of carboxylic acid groups (broad SMARTS) is 1. The summed E-state index contributed by atoms with van der Waals surface area (Å²) in [6, 6.07) is -6.37. The van der Waals surface area contributed by atoms with Gasteiger partial charge in [0.05, 0.1) is 25.0 Å². The average Bonchev–Trinajstić information content (AvgIpc) is 2.67. The second kappa shape index (κ2) is 13.6. The number of aliphatic hydroxyl groups is 1. The molecule has 16 heteroatoms. The summed E-state index contributed by atoms with van der Waals surface area (Å²) in [7, 11) is 0. The van der Waals surface area contributed by atoms with Crippen LogP contribution in [-0.4, -0.2) is 81.9 Å². The number of hydrogen-bond acceptors (Lipinski definition) is 9. The Morgan fingerprint density at radius 3 is 1.67 bits per heavy atom. The molecule has 0 rings (SSSR count). The molecule has 0 spiro atoms. The smallest absolute Gasteiger partial charge is 0.326 e. The van der Waals surface area contributed by atoms with Gasteiger partial charge < -0.3 is 49.1 Å². The first-order chi connectivity index (χ1) is 15.1. The van der Waals surface area contributed by atoms with Crippen LogP contribution in [0.1, 0.15) is 32.6 Å². The van der Waals surface area contributed by atoms with Crippen molar-refractivity contribution in [1.29, 1.82) is 0 Å². The van der Waals surface area contributed by atoms with Gasteiger partial charge in [-0.3, -0.25) is 28.8 Å². The molecule has 5 unspecified atom stereocenters. The van der Waals surface area contributed by atoms with E-state index in [4.69, 9.17) is 28.0 Å². The fraction of sp³-hybridized carbons (Fsp3) is 0.588. The molecule has 33 heavy (non-hydrogen) atoms. The molecule has 0 aliphatic heterocycles. The second-order valence-electron chi connectivity index (χ2n) is 7.14. The molecule has 0 radical (unpaired) electrons. The molecule has 0 aliphatic carbocycles. The first-order valence-electron chi connectivity index (χ1n) is 9.58. The average molecular weight is 475 g/mol. The summed E-state index contributed by atoms with van der Waals surface area (Å²) >= 11 is 0. The van der Waals surface area contributed by atoms with Crippen LogP contribution in [0.5, 0.6) is 0 Å². The third kappa shape index (κ3) is 11.4. The van der Waals surface area contributed by atoms with E-state index in [1.165, 1.54) is 0 Å². The lowest BCUT2D eigenvalue weighted by atomic mass is 10.1. The molecule has 0 aromatic rings. The van der Waals surface area contributed by atoms with Gasteiger partial charge in [-0.2, -0.15) is 0 Å². The molecule has 0 aromatic heterocycles. The first-order valence-corrected chi connectivity index (χ1v) is 9.58. The predicted octanol–water partition coefficient (Wildman–Crippen LogP) is -5.75. The van der Waals surface area contributed by atoms with Crippen LogP contribution >= 0.6 is 0 Å². The summed E-state index contributed by atoms with van der Waals surface area (Å²) in [5.74, 6) is -7.65. The predicted molar refractivity (Wildman–Crippen MR) is 109 cm³/mol. The van der Waals surface area contributed by atoms with Gasteiger partial charge in [0.2, 0.25) is 35.4 Å². The minimum Gasteiger partial charge on any atom is -0.480 e. The molecule has 13 N–H and O–H groups in total. The van der Waals surface area contributed by atoms with Crippen LogP contribution in [-0.2, 0) is 33.6 Å². The van der Waals surface area contributed by atoms with Crippen LogP contribution in [0.25, 0.3) is 0 Å². The number of amides is 6. The van der Waals surface area contributed by atoms with E-state index in [1.54, 1.807) is 0 Å². The van der Waals surface area contributed by atoms with Crippen molar-refractivity contribution in [3.8, 4) is 0 Å². The minimum atomic E-state index is -1.75. The Hall–Kier alpha value is -3.79. The zero-order valence-electron chi connectivity index (χ0n) is 17.8. The number of rotatable bonds is 15. The number of carbonyl (C=O) groups is 7. The van der Waals surface area contributed by atoms with Crippen LogP contribution in [0.2, 0.25) is 0 Å². The summed E-state index contributed by atoms with van der Waals surface area (Å²) in [5.41, 5.74) is 20.6. The quantitative estimate of drug-likeness (QED) is 0.108. The number of nitrogens with one attached hydrogen (secondary N) is 3. The SMILES string of the molecule is CC(O)C(NC(=O)C(N)CCC(N)=O)C(=O)NC(CC(N)=O)C(=O)NC(CC(N)=O)C(=O)O. The van der Waals surface area contributed by atoms with Crippen molar-refractivity contribution in [3.05, 3.63) is 0 Å². The summed E-state index contributed by atoms with van der Waals surface area (Å²) in [4.78, 5) is 81.5. The molecule has 0 aromatic carbocycles. The first kappa shape index (κ1) is 29.2. The van der Waals surface area contributed by atoms with E-state index in [9.17, 15) is 38.7 Å². The molecule has 0 fully saturated rings. The Morgan fingerprint density at radius 2 is 1.24 bits per heavy atom. The zero-order chi connectivity index (χ0) is 25.9. The number of hydrogen-bond donors (Lipinski definition) is 9. The number of nitrogens with two attached hydrogens (primary N) is 4. The summed E-state index contributed by atoms with van der Waals surface area (Å²) < 4.78 is 0. The maximum atomic E-state index is 12.6. The molecule has 0 saturated heterocycles. The van der Waals surface area contributed by atoms with Gasteiger partial charge in [-0.25, -0.2) is 4.79 Å². The number of primary amides is 3. The van der Waals surface area contributed by atoms with Crippen LogP contribution < -0.4 is 38.9 Å². The third-order valence-electron chi connectivity index (χ3n) is 4.16. The highest BCUT2D eigenvalue weighted by atomic mass is 16.4. The molecular weight excluding hydrogens is 446 g/mol. The largest absolute Gasteiger partial charge is 0.480 e. The van der Waals surface area contributed by atoms with E-state index < -0.39 is 84.5 Å². The van der Waals surface area contributed by atoms with Crippen LogP contribution in [0.4, 0.5) is 0 Å². The van der Waals surface area contributed by atoms with Gasteiger partial charge in [0.15, 0.2) is 0 Å². The Morgan fingerprint density at radius 1 is 0.758 bits per heavy atom. The van der Waals surface area contributed by atoms with Crippen LogP contribution in [0.3, 0.4) is 0 Å². The Labute approximate surface area is 187 Å². The van der Waals surface area contributed by atoms with E-state index in [-0.39, 0.29) is 12.8 Å². The normalized spacial score (nSPS) is 15.1. The standard InChI is InChI=1S/C17H29N7O9/c1-6(25)13(24-14(29)7(18)2-3-10(19)26)16(31)22-8(4-11(20)27)15(30)23-9(17(32)33)5-12(21)28/h6-9,13,25H,2-5,18H2,1H3,(H2,19,26)(H2,20,27)(H2,21,28)(H,22,31)(H,23,30)(H,24,29)(H,32,33). The lowest BCUT2D eigenvalue weighted by Gasteiger charge is -2.26. The van der Waals surface area contributed by atoms with E-state index in [1.807, 2.05) is 5.32 Å². The Balaban J connectivity index is 5.44. The maximum absolute atomic E-state index is 12.6. The lowest BCUT2D eigenvalue weighted by molar-refractivity contribution is -0.144. The van der Waals surface area contributed by atoms with Gasteiger partial charge in [-0.05, 0) is 13.3 Å². The fourth-order valence-electron chi connectivity index (χ4n) is 2.44. The minimum absolute atomic E-state index is 0.140. The van der Waals surface area contributed by atoms with Gasteiger partial charge in [0.25, 0.3) is 0 Å². The highest BCUT2D eigenvalue weighted by Gasteiger charge is 2.33. The van der Waals surface area contributed by atoms with Gasteiger partial charge in [0, 0.05) is 6.42 Å². The molecular formula is C17H29N7O9. The highest BCUT2D eigenvalue weighted by molar-refractivity contribution is 5.97. The fourth-order valence-corrected chi connectivity index (χ4v) is 2.44.